The molecule has 0 aliphatic carbocycles. The molecule has 0 aliphatic rings. The maximum atomic E-state index is 13.1. The van der Waals surface area contributed by atoms with E-state index in [9.17, 15) is 29.4 Å². The second kappa shape index (κ2) is 14.8. The van der Waals surface area contributed by atoms with Crippen LogP contribution in [0.5, 0.6) is 5.75 Å². The van der Waals surface area contributed by atoms with Gasteiger partial charge >= 0.3 is 11.9 Å². The summed E-state index contributed by atoms with van der Waals surface area (Å²) in [7, 11) is 3.95. The first-order valence-electron chi connectivity index (χ1n) is 12.5. The van der Waals surface area contributed by atoms with E-state index in [1.807, 2.05) is 40.7 Å². The van der Waals surface area contributed by atoms with E-state index in [-0.39, 0.29) is 23.8 Å². The molecule has 2 aromatic rings. The number of hydrogen-bond acceptors (Lipinski definition) is 7. The van der Waals surface area contributed by atoms with Crippen LogP contribution >= 0.6 is 21.6 Å². The number of aryl methyl sites for hydroxylation is 1. The number of carboxylic acid groups (broad SMARTS) is 2. The summed E-state index contributed by atoms with van der Waals surface area (Å²) in [4.78, 5) is 50.7. The van der Waals surface area contributed by atoms with E-state index in [1.165, 1.54) is 28.7 Å². The van der Waals surface area contributed by atoms with Crippen molar-refractivity contribution >= 4 is 45.3 Å². The Kier molecular flexibility index (Phi) is 12.2. The van der Waals surface area contributed by atoms with Crippen LogP contribution in [0.4, 0.5) is 0 Å². The van der Waals surface area contributed by atoms with Gasteiger partial charge in [0, 0.05) is 9.79 Å². The van der Waals surface area contributed by atoms with Gasteiger partial charge in [0.2, 0.25) is 0 Å². The Hall–Kier alpha value is -3.18. The summed E-state index contributed by atoms with van der Waals surface area (Å²) < 4.78 is 5.32. The van der Waals surface area contributed by atoms with Crippen LogP contribution in [0.2, 0.25) is 0 Å². The van der Waals surface area contributed by atoms with Gasteiger partial charge in [0.25, 0.3) is 11.8 Å². The topological polar surface area (TPSA) is 142 Å². The minimum Gasteiger partial charge on any atom is -0.497 e. The van der Waals surface area contributed by atoms with Gasteiger partial charge in [-0.2, -0.15) is 0 Å². The zero-order valence-electron chi connectivity index (χ0n) is 22.9. The minimum absolute atomic E-state index is 0.0684. The summed E-state index contributed by atoms with van der Waals surface area (Å²) in [5, 5.41) is 24.3. The molecule has 2 atom stereocenters. The van der Waals surface area contributed by atoms with Crippen molar-refractivity contribution < 1.29 is 34.1 Å². The number of hydrogen-bond donors (Lipinski definition) is 4. The lowest BCUT2D eigenvalue weighted by Crippen LogP contribution is -2.41. The van der Waals surface area contributed by atoms with Gasteiger partial charge in [0.1, 0.15) is 17.8 Å². The monoisotopic (exact) mass is 576 g/mol. The third-order valence-corrected chi connectivity index (χ3v) is 8.10. The Morgan fingerprint density at radius 1 is 0.769 bits per heavy atom. The summed E-state index contributed by atoms with van der Waals surface area (Å²) in [5.41, 5.74) is 1.47. The van der Waals surface area contributed by atoms with E-state index in [1.54, 1.807) is 30.3 Å². The highest BCUT2D eigenvalue weighted by atomic mass is 33.1. The van der Waals surface area contributed by atoms with Gasteiger partial charge in [0.05, 0.1) is 18.2 Å². The van der Waals surface area contributed by atoms with Crippen molar-refractivity contribution in [3.8, 4) is 5.75 Å². The zero-order valence-corrected chi connectivity index (χ0v) is 24.6. The number of carbonyl (C=O) groups excluding carboxylic acids is 2. The lowest BCUT2D eigenvalue weighted by Gasteiger charge is -2.19. The number of aliphatic carboxylic acids is 2. The van der Waals surface area contributed by atoms with Crippen LogP contribution in [0.3, 0.4) is 0 Å². The molecule has 2 aromatic carbocycles. The molecule has 11 heteroatoms. The van der Waals surface area contributed by atoms with Crippen molar-refractivity contribution in [1.29, 1.82) is 0 Å². The molecular weight excluding hydrogens is 540 g/mol. The number of carboxylic acids is 2. The first-order chi connectivity index (χ1) is 18.3. The molecule has 0 unspecified atom stereocenters. The molecule has 0 radical (unpaired) electrons. The summed E-state index contributed by atoms with van der Waals surface area (Å²) in [6, 6.07) is 8.03. The first-order valence-corrected chi connectivity index (χ1v) is 14.7. The molecule has 9 nitrogen and oxygen atoms in total. The average Bonchev–Trinajstić information content (AvgIpc) is 2.85. The summed E-state index contributed by atoms with van der Waals surface area (Å²) >= 11 is 0. The maximum Gasteiger partial charge on any atom is 0.326 e. The van der Waals surface area contributed by atoms with Crippen LogP contribution in [-0.4, -0.2) is 53.2 Å². The molecule has 2 amide bonds. The van der Waals surface area contributed by atoms with Crippen molar-refractivity contribution in [2.75, 3.05) is 7.11 Å². The number of amides is 2. The predicted molar refractivity (Wildman–Crippen MR) is 153 cm³/mol. The van der Waals surface area contributed by atoms with Gasteiger partial charge in [-0.1, -0.05) is 55.3 Å². The van der Waals surface area contributed by atoms with E-state index in [0.717, 1.165) is 5.56 Å². The van der Waals surface area contributed by atoms with Crippen molar-refractivity contribution in [3.63, 3.8) is 0 Å². The normalized spacial score (nSPS) is 12.6. The summed E-state index contributed by atoms with van der Waals surface area (Å²) in [5.74, 6) is -2.60. The second-order valence-electron chi connectivity index (χ2n) is 10.0. The molecule has 4 N–H and O–H groups in total. The standard InChI is InChI=1S/C28H36N2O7S2/c1-15(2)11-21(27(33)34)29-25(31)19-9-7-17(5)13-23(19)38-39-24-14-18(37-6)8-10-20(24)26(32)30-22(28(35)36)12-16(3)4/h7-10,13-16,21-22H,11-12H2,1-6H3,(H,29,31)(H,30,32)(H,33,34)(H,35,36)/t21-,22-/m0/s1. The van der Waals surface area contributed by atoms with Crippen molar-refractivity contribution in [2.45, 2.75) is 69.3 Å². The Labute approximate surface area is 236 Å². The van der Waals surface area contributed by atoms with E-state index in [4.69, 9.17) is 4.74 Å². The fraction of sp³-hybridized carbons (Fsp3) is 0.429. The van der Waals surface area contributed by atoms with Crippen LogP contribution in [0.1, 0.15) is 66.8 Å². The van der Waals surface area contributed by atoms with Crippen LogP contribution in [-0.2, 0) is 9.59 Å². The second-order valence-corrected chi connectivity index (χ2v) is 12.2. The van der Waals surface area contributed by atoms with E-state index in [0.29, 0.717) is 27.5 Å². The third kappa shape index (κ3) is 9.81. The highest BCUT2D eigenvalue weighted by Gasteiger charge is 2.25. The molecule has 0 aliphatic heterocycles. The minimum atomic E-state index is -1.11. The number of methoxy groups -OCH3 is 1. The molecule has 212 valence electrons. The van der Waals surface area contributed by atoms with Crippen LogP contribution in [0.25, 0.3) is 0 Å². The summed E-state index contributed by atoms with van der Waals surface area (Å²) in [6.45, 7) is 9.40. The Balaban J connectivity index is 2.34. The molecule has 0 bridgehead atoms. The van der Waals surface area contributed by atoms with Crippen LogP contribution in [0.15, 0.2) is 46.2 Å². The molecule has 0 saturated heterocycles. The number of carbonyl (C=O) groups is 4. The van der Waals surface area contributed by atoms with Crippen molar-refractivity contribution in [3.05, 3.63) is 53.1 Å². The molecule has 0 heterocycles. The first kappa shape index (κ1) is 32.0. The zero-order chi connectivity index (χ0) is 29.3. The van der Waals surface area contributed by atoms with E-state index in [2.05, 4.69) is 10.6 Å². The summed E-state index contributed by atoms with van der Waals surface area (Å²) in [6.07, 6.45) is 0.574. The quantitative estimate of drug-likeness (QED) is 0.222. The molecule has 0 spiro atoms. The van der Waals surface area contributed by atoms with Crippen LogP contribution < -0.4 is 15.4 Å². The van der Waals surface area contributed by atoms with Gasteiger partial charge in [-0.05, 0) is 67.5 Å². The van der Waals surface area contributed by atoms with Gasteiger partial charge in [-0.25, -0.2) is 9.59 Å². The number of rotatable bonds is 14. The number of nitrogens with one attached hydrogen (secondary N) is 2. The Morgan fingerprint density at radius 3 is 1.62 bits per heavy atom. The molecular formula is C28H36N2O7S2. The Bertz CT molecular complexity index is 1200. The lowest BCUT2D eigenvalue weighted by atomic mass is 10.0. The van der Waals surface area contributed by atoms with Gasteiger partial charge in [-0.3, -0.25) is 9.59 Å². The fourth-order valence-electron chi connectivity index (χ4n) is 3.72. The van der Waals surface area contributed by atoms with Crippen molar-refractivity contribution in [2.24, 2.45) is 11.8 Å². The smallest absolute Gasteiger partial charge is 0.326 e. The van der Waals surface area contributed by atoms with Gasteiger partial charge in [-0.15, -0.1) is 0 Å². The highest BCUT2D eigenvalue weighted by Crippen LogP contribution is 2.42. The molecule has 0 saturated carbocycles. The number of benzene rings is 2. The van der Waals surface area contributed by atoms with Gasteiger partial charge in [0.15, 0.2) is 0 Å². The van der Waals surface area contributed by atoms with E-state index < -0.39 is 35.8 Å². The Morgan fingerprint density at radius 2 is 1.21 bits per heavy atom. The van der Waals surface area contributed by atoms with Crippen molar-refractivity contribution in [1.82, 2.24) is 10.6 Å². The molecule has 2 rings (SSSR count). The third-order valence-electron chi connectivity index (χ3n) is 5.66. The molecule has 39 heavy (non-hydrogen) atoms. The fourth-order valence-corrected chi connectivity index (χ4v) is 6.16. The van der Waals surface area contributed by atoms with E-state index >= 15 is 0 Å². The molecule has 0 fully saturated rings. The number of ether oxygens (including phenoxy) is 1. The largest absolute Gasteiger partial charge is 0.497 e. The predicted octanol–water partition coefficient (Wildman–Crippen LogP) is 5.26. The van der Waals surface area contributed by atoms with Gasteiger partial charge < -0.3 is 25.6 Å². The SMILES string of the molecule is COc1ccc(C(=O)N[C@@H](CC(C)C)C(=O)O)c(SSc2cc(C)ccc2C(=O)N[C@@H](CC(C)C)C(=O)O)c1. The maximum absolute atomic E-state index is 13.1. The average molecular weight is 577 g/mol. The highest BCUT2D eigenvalue weighted by molar-refractivity contribution is 8.76. The molecule has 0 aromatic heterocycles. The lowest BCUT2D eigenvalue weighted by molar-refractivity contribution is -0.140. The van der Waals surface area contributed by atoms with Crippen LogP contribution in [0, 0.1) is 18.8 Å².